The first-order valence-corrected chi connectivity index (χ1v) is 6.18. The molecule has 0 saturated carbocycles. The van der Waals surface area contributed by atoms with E-state index in [1.165, 1.54) is 5.56 Å². The van der Waals surface area contributed by atoms with Gasteiger partial charge in [0.1, 0.15) is 6.61 Å². The normalized spacial score (nSPS) is 16.8. The molecule has 3 heteroatoms. The second-order valence-corrected chi connectivity index (χ2v) is 4.62. The number of hydrogen-bond donors (Lipinski definition) is 1. The molecule has 1 saturated heterocycles. The molecule has 0 aromatic heterocycles. The molecule has 1 aromatic carbocycles. The van der Waals surface area contributed by atoms with Crippen LogP contribution < -0.4 is 5.32 Å². The monoisotopic (exact) mass is 233 g/mol. The van der Waals surface area contributed by atoms with E-state index in [1.807, 2.05) is 31.2 Å². The minimum absolute atomic E-state index is 0.0490. The highest BCUT2D eigenvalue weighted by Gasteiger charge is 2.22. The van der Waals surface area contributed by atoms with Crippen LogP contribution in [-0.2, 0) is 16.1 Å². The molecular formula is C14H19NO2. The molecule has 2 rings (SSSR count). The second kappa shape index (κ2) is 5.82. The van der Waals surface area contributed by atoms with Crippen LogP contribution >= 0.6 is 0 Å². The highest BCUT2D eigenvalue weighted by molar-refractivity contribution is 5.72. The third kappa shape index (κ3) is 3.56. The summed E-state index contributed by atoms with van der Waals surface area (Å²) < 4.78 is 5.34. The number of carbonyl (C=O) groups excluding carboxylic acids is 1. The number of rotatable bonds is 3. The number of aryl methyl sites for hydroxylation is 1. The Labute approximate surface area is 102 Å². The third-order valence-electron chi connectivity index (χ3n) is 3.17. The lowest BCUT2D eigenvalue weighted by molar-refractivity contribution is -0.150. The van der Waals surface area contributed by atoms with E-state index in [4.69, 9.17) is 4.74 Å². The average Bonchev–Trinajstić information content (AvgIpc) is 2.39. The fraction of sp³-hybridized carbons (Fsp3) is 0.500. The highest BCUT2D eigenvalue weighted by Crippen LogP contribution is 2.14. The average molecular weight is 233 g/mol. The van der Waals surface area contributed by atoms with Crippen molar-refractivity contribution >= 4 is 5.97 Å². The Morgan fingerprint density at radius 3 is 2.59 bits per heavy atom. The number of carbonyl (C=O) groups is 1. The van der Waals surface area contributed by atoms with E-state index in [1.54, 1.807) is 0 Å². The van der Waals surface area contributed by atoms with Crippen molar-refractivity contribution in [2.75, 3.05) is 13.1 Å². The molecule has 92 valence electrons. The Morgan fingerprint density at radius 2 is 1.94 bits per heavy atom. The summed E-state index contributed by atoms with van der Waals surface area (Å²) in [4.78, 5) is 11.8. The molecule has 0 radical (unpaired) electrons. The van der Waals surface area contributed by atoms with Crippen LogP contribution in [0, 0.1) is 12.8 Å². The van der Waals surface area contributed by atoms with Gasteiger partial charge in [0.25, 0.3) is 0 Å². The van der Waals surface area contributed by atoms with Gasteiger partial charge < -0.3 is 10.1 Å². The summed E-state index contributed by atoms with van der Waals surface area (Å²) in [5.41, 5.74) is 2.27. The van der Waals surface area contributed by atoms with Gasteiger partial charge >= 0.3 is 5.97 Å². The van der Waals surface area contributed by atoms with Gasteiger partial charge in [-0.3, -0.25) is 4.79 Å². The summed E-state index contributed by atoms with van der Waals surface area (Å²) in [7, 11) is 0. The second-order valence-electron chi connectivity index (χ2n) is 4.62. The lowest BCUT2D eigenvalue weighted by Crippen LogP contribution is -2.32. The van der Waals surface area contributed by atoms with Crippen LogP contribution in [-0.4, -0.2) is 19.1 Å². The van der Waals surface area contributed by atoms with E-state index < -0.39 is 0 Å². The predicted octanol–water partition coefficient (Wildman–Crippen LogP) is 2.04. The van der Waals surface area contributed by atoms with Crippen LogP contribution in [0.4, 0.5) is 0 Å². The molecule has 0 unspecified atom stereocenters. The van der Waals surface area contributed by atoms with Crippen molar-refractivity contribution in [1.29, 1.82) is 0 Å². The number of hydrogen-bond acceptors (Lipinski definition) is 3. The van der Waals surface area contributed by atoms with Crippen LogP contribution in [0.25, 0.3) is 0 Å². The predicted molar refractivity (Wildman–Crippen MR) is 66.6 cm³/mol. The van der Waals surface area contributed by atoms with Crippen LogP contribution in [0.3, 0.4) is 0 Å². The van der Waals surface area contributed by atoms with Crippen molar-refractivity contribution in [2.24, 2.45) is 5.92 Å². The largest absolute Gasteiger partial charge is 0.461 e. The molecule has 1 aliphatic heterocycles. The van der Waals surface area contributed by atoms with E-state index in [-0.39, 0.29) is 11.9 Å². The van der Waals surface area contributed by atoms with Gasteiger partial charge in [0, 0.05) is 0 Å². The van der Waals surface area contributed by atoms with Crippen LogP contribution in [0.1, 0.15) is 24.0 Å². The lowest BCUT2D eigenvalue weighted by Gasteiger charge is -2.20. The summed E-state index contributed by atoms with van der Waals surface area (Å²) in [6.45, 7) is 4.28. The molecule has 1 fully saturated rings. The summed E-state index contributed by atoms with van der Waals surface area (Å²) in [5, 5.41) is 3.24. The Morgan fingerprint density at radius 1 is 1.29 bits per heavy atom. The first-order chi connectivity index (χ1) is 8.25. The van der Waals surface area contributed by atoms with Gasteiger partial charge in [-0.25, -0.2) is 0 Å². The molecule has 0 bridgehead atoms. The Balaban J connectivity index is 1.81. The zero-order valence-corrected chi connectivity index (χ0v) is 10.2. The highest BCUT2D eigenvalue weighted by atomic mass is 16.5. The SMILES string of the molecule is Cc1ccc(COC(=O)C2CCNCC2)cc1. The van der Waals surface area contributed by atoms with Gasteiger partial charge in [-0.05, 0) is 38.4 Å². The molecule has 3 nitrogen and oxygen atoms in total. The summed E-state index contributed by atoms with van der Waals surface area (Å²) >= 11 is 0. The zero-order valence-electron chi connectivity index (χ0n) is 10.2. The lowest BCUT2D eigenvalue weighted by atomic mass is 9.98. The van der Waals surface area contributed by atoms with Crippen molar-refractivity contribution in [3.05, 3.63) is 35.4 Å². The van der Waals surface area contributed by atoms with Crippen molar-refractivity contribution < 1.29 is 9.53 Å². The van der Waals surface area contributed by atoms with E-state index in [0.717, 1.165) is 31.5 Å². The summed E-state index contributed by atoms with van der Waals surface area (Å²) in [5.74, 6) is 0.0359. The first kappa shape index (κ1) is 12.1. The first-order valence-electron chi connectivity index (χ1n) is 6.18. The number of nitrogens with one attached hydrogen (secondary N) is 1. The van der Waals surface area contributed by atoms with Crippen molar-refractivity contribution in [2.45, 2.75) is 26.4 Å². The summed E-state index contributed by atoms with van der Waals surface area (Å²) in [6.07, 6.45) is 1.79. The molecule has 0 atom stereocenters. The van der Waals surface area contributed by atoms with Gasteiger partial charge in [0.15, 0.2) is 0 Å². The molecule has 0 spiro atoms. The van der Waals surface area contributed by atoms with Crippen molar-refractivity contribution in [3.8, 4) is 0 Å². The van der Waals surface area contributed by atoms with Crippen LogP contribution in [0.2, 0.25) is 0 Å². The fourth-order valence-corrected chi connectivity index (χ4v) is 2.01. The number of esters is 1. The molecule has 1 heterocycles. The Kier molecular flexibility index (Phi) is 4.15. The molecular weight excluding hydrogens is 214 g/mol. The molecule has 0 aliphatic carbocycles. The maximum absolute atomic E-state index is 11.8. The fourth-order valence-electron chi connectivity index (χ4n) is 2.01. The van der Waals surface area contributed by atoms with Crippen LogP contribution in [0.5, 0.6) is 0 Å². The number of benzene rings is 1. The molecule has 0 amide bonds. The minimum Gasteiger partial charge on any atom is -0.461 e. The standard InChI is InChI=1S/C14H19NO2/c1-11-2-4-12(5-3-11)10-17-14(16)13-6-8-15-9-7-13/h2-5,13,15H,6-10H2,1H3. The van der Waals surface area contributed by atoms with Gasteiger partial charge in [-0.1, -0.05) is 29.8 Å². The Bertz CT molecular complexity index is 366. The third-order valence-corrected chi connectivity index (χ3v) is 3.17. The van der Waals surface area contributed by atoms with Gasteiger partial charge in [0.2, 0.25) is 0 Å². The Hall–Kier alpha value is -1.35. The smallest absolute Gasteiger partial charge is 0.309 e. The van der Waals surface area contributed by atoms with Gasteiger partial charge in [-0.15, -0.1) is 0 Å². The number of ether oxygens (including phenoxy) is 1. The topological polar surface area (TPSA) is 38.3 Å². The van der Waals surface area contributed by atoms with E-state index in [9.17, 15) is 4.79 Å². The van der Waals surface area contributed by atoms with Crippen molar-refractivity contribution in [3.63, 3.8) is 0 Å². The molecule has 1 N–H and O–H groups in total. The summed E-state index contributed by atoms with van der Waals surface area (Å²) in [6, 6.07) is 8.08. The zero-order chi connectivity index (χ0) is 12.1. The molecule has 1 aliphatic rings. The number of piperidine rings is 1. The van der Waals surface area contributed by atoms with E-state index in [2.05, 4.69) is 5.32 Å². The minimum atomic E-state index is -0.0490. The maximum Gasteiger partial charge on any atom is 0.309 e. The maximum atomic E-state index is 11.8. The molecule has 17 heavy (non-hydrogen) atoms. The van der Waals surface area contributed by atoms with Gasteiger partial charge in [0.05, 0.1) is 5.92 Å². The van der Waals surface area contributed by atoms with Gasteiger partial charge in [-0.2, -0.15) is 0 Å². The van der Waals surface area contributed by atoms with E-state index in [0.29, 0.717) is 6.61 Å². The van der Waals surface area contributed by atoms with Crippen LogP contribution in [0.15, 0.2) is 24.3 Å². The van der Waals surface area contributed by atoms with Crippen molar-refractivity contribution in [1.82, 2.24) is 5.32 Å². The molecule has 1 aromatic rings. The van der Waals surface area contributed by atoms with E-state index >= 15 is 0 Å². The quantitative estimate of drug-likeness (QED) is 0.812.